The van der Waals surface area contributed by atoms with Crippen molar-refractivity contribution in [2.24, 2.45) is 5.92 Å². The van der Waals surface area contributed by atoms with Crippen LogP contribution in [-0.2, 0) is 21.4 Å². The average Bonchev–Trinajstić information content (AvgIpc) is 3.12. The second-order valence-electron chi connectivity index (χ2n) is 7.74. The Kier molecular flexibility index (Phi) is 7.54. The fourth-order valence-electron chi connectivity index (χ4n) is 3.17. The van der Waals surface area contributed by atoms with E-state index in [1.165, 1.54) is 4.80 Å². The maximum atomic E-state index is 12.8. The van der Waals surface area contributed by atoms with Gasteiger partial charge >= 0.3 is 0 Å². The highest BCUT2D eigenvalue weighted by atomic mass is 32.2. The summed E-state index contributed by atoms with van der Waals surface area (Å²) in [7, 11) is -3.70. The molecule has 0 aliphatic carbocycles. The Bertz CT molecular complexity index is 927. The number of amides is 1. The maximum absolute atomic E-state index is 12.8. The number of hydrogen-bond acceptors (Lipinski definition) is 5. The van der Waals surface area contributed by atoms with E-state index in [-0.39, 0.29) is 30.8 Å². The molecule has 0 saturated heterocycles. The smallest absolute Gasteiger partial charge is 0.241 e. The molecule has 1 atom stereocenters. The van der Waals surface area contributed by atoms with Crippen molar-refractivity contribution in [2.75, 3.05) is 6.54 Å². The Morgan fingerprint density at radius 1 is 1.07 bits per heavy atom. The maximum Gasteiger partial charge on any atom is 0.241 e. The minimum Gasteiger partial charge on any atom is -0.351 e. The molecule has 2 N–H and O–H groups in total. The van der Waals surface area contributed by atoms with Gasteiger partial charge in [-0.05, 0) is 55.9 Å². The fraction of sp³-hybridized carbons (Fsp3) is 0.550. The van der Waals surface area contributed by atoms with Gasteiger partial charge in [-0.25, -0.2) is 13.1 Å². The van der Waals surface area contributed by atoms with E-state index in [0.29, 0.717) is 11.4 Å². The topological polar surface area (TPSA) is 106 Å². The van der Waals surface area contributed by atoms with Crippen LogP contribution in [0.25, 0.3) is 0 Å². The summed E-state index contributed by atoms with van der Waals surface area (Å²) in [5.74, 6) is -0.0327. The molecule has 0 aliphatic rings. The van der Waals surface area contributed by atoms with Crippen LogP contribution < -0.4 is 10.0 Å². The zero-order valence-corrected chi connectivity index (χ0v) is 18.8. The van der Waals surface area contributed by atoms with E-state index in [1.54, 1.807) is 26.2 Å². The number of carbonyl (C=O) groups is 1. The summed E-state index contributed by atoms with van der Waals surface area (Å²) in [5, 5.41) is 11.1. The van der Waals surface area contributed by atoms with Crippen LogP contribution in [0.4, 0.5) is 0 Å². The van der Waals surface area contributed by atoms with Gasteiger partial charge in [0.1, 0.15) is 0 Å². The number of aryl methyl sites for hydroxylation is 2. The van der Waals surface area contributed by atoms with E-state index in [2.05, 4.69) is 20.2 Å². The second-order valence-corrected chi connectivity index (χ2v) is 9.44. The van der Waals surface area contributed by atoms with E-state index >= 15 is 0 Å². The zero-order valence-electron chi connectivity index (χ0n) is 18.0. The van der Waals surface area contributed by atoms with Gasteiger partial charge in [0, 0.05) is 13.0 Å². The molecule has 0 aliphatic heterocycles. The lowest BCUT2D eigenvalue weighted by Gasteiger charge is -2.22. The average molecular weight is 422 g/mol. The highest BCUT2D eigenvalue weighted by Crippen LogP contribution is 2.25. The van der Waals surface area contributed by atoms with E-state index in [9.17, 15) is 13.2 Å². The number of hydrogen-bond donors (Lipinski definition) is 2. The van der Waals surface area contributed by atoms with Crippen LogP contribution in [0.3, 0.4) is 0 Å². The summed E-state index contributed by atoms with van der Waals surface area (Å²) < 4.78 is 28.3. The molecule has 2 aromatic rings. The van der Waals surface area contributed by atoms with Crippen molar-refractivity contribution in [1.29, 1.82) is 0 Å². The van der Waals surface area contributed by atoms with Crippen molar-refractivity contribution in [1.82, 2.24) is 25.0 Å². The molecular formula is C20H31N5O3S. The lowest BCUT2D eigenvalue weighted by Crippen LogP contribution is -2.43. The Morgan fingerprint density at radius 3 is 2.14 bits per heavy atom. The number of carbonyl (C=O) groups excluding carboxylic acids is 1. The predicted molar refractivity (Wildman–Crippen MR) is 112 cm³/mol. The molecule has 0 fully saturated rings. The van der Waals surface area contributed by atoms with Crippen LogP contribution >= 0.6 is 0 Å². The van der Waals surface area contributed by atoms with Crippen LogP contribution in [-0.4, -0.2) is 41.9 Å². The monoisotopic (exact) mass is 421 g/mol. The molecule has 1 unspecified atom stereocenters. The predicted octanol–water partition coefficient (Wildman–Crippen LogP) is 2.02. The van der Waals surface area contributed by atoms with Gasteiger partial charge in [-0.3, -0.25) is 4.79 Å². The molecule has 9 heteroatoms. The van der Waals surface area contributed by atoms with Crippen LogP contribution in [0, 0.1) is 33.6 Å². The van der Waals surface area contributed by atoms with Crippen molar-refractivity contribution in [3.63, 3.8) is 0 Å². The molecule has 2 rings (SSSR count). The molecule has 29 heavy (non-hydrogen) atoms. The highest BCUT2D eigenvalue weighted by molar-refractivity contribution is 7.89. The Labute approximate surface area is 173 Å². The number of aromatic nitrogens is 3. The molecule has 160 valence electrons. The molecule has 1 heterocycles. The van der Waals surface area contributed by atoms with Crippen LogP contribution in [0.2, 0.25) is 0 Å². The van der Waals surface area contributed by atoms with Gasteiger partial charge in [-0.15, -0.1) is 0 Å². The minimum atomic E-state index is -3.70. The van der Waals surface area contributed by atoms with Crippen molar-refractivity contribution in [3.05, 3.63) is 40.7 Å². The van der Waals surface area contributed by atoms with Crippen molar-refractivity contribution >= 4 is 15.9 Å². The molecule has 0 saturated carbocycles. The molecule has 8 nitrogen and oxygen atoms in total. The molecule has 1 aromatic carbocycles. The molecule has 1 aromatic heterocycles. The SMILES string of the molecule is Cc1cc(C)c(C)c(S(=O)(=O)NCCC(=O)NC(Cn2nccn2)C(C)C)c1C. The first kappa shape index (κ1) is 23.0. The number of benzene rings is 1. The molecule has 0 bridgehead atoms. The summed E-state index contributed by atoms with van der Waals surface area (Å²) in [4.78, 5) is 14.2. The van der Waals surface area contributed by atoms with Gasteiger partial charge in [0.05, 0.1) is 29.9 Å². The summed E-state index contributed by atoms with van der Waals surface area (Å²) in [5.41, 5.74) is 3.32. The Morgan fingerprint density at radius 2 is 1.62 bits per heavy atom. The highest BCUT2D eigenvalue weighted by Gasteiger charge is 2.23. The normalized spacial score (nSPS) is 12.9. The first-order valence-electron chi connectivity index (χ1n) is 9.73. The third-order valence-corrected chi connectivity index (χ3v) is 6.92. The largest absolute Gasteiger partial charge is 0.351 e. The quantitative estimate of drug-likeness (QED) is 0.644. The summed E-state index contributed by atoms with van der Waals surface area (Å²) in [6, 6.07) is 1.84. The lowest BCUT2D eigenvalue weighted by atomic mass is 10.0. The first-order valence-corrected chi connectivity index (χ1v) is 11.2. The third kappa shape index (κ3) is 5.86. The standard InChI is InChI=1S/C20H31N5O3S/c1-13(2)18(12-25-21-9-10-22-25)24-19(26)7-8-23-29(27,28)20-16(5)14(3)11-15(4)17(20)6/h9-11,13,18,23H,7-8,12H2,1-6H3,(H,24,26). The number of nitrogens with one attached hydrogen (secondary N) is 2. The minimum absolute atomic E-state index is 0.0326. The lowest BCUT2D eigenvalue weighted by molar-refractivity contribution is -0.122. The van der Waals surface area contributed by atoms with Crippen molar-refractivity contribution < 1.29 is 13.2 Å². The second kappa shape index (κ2) is 9.49. The summed E-state index contributed by atoms with van der Waals surface area (Å²) in [6.07, 6.45) is 3.23. The van der Waals surface area contributed by atoms with Gasteiger partial charge in [0.25, 0.3) is 0 Å². The first-order chi connectivity index (χ1) is 13.5. The van der Waals surface area contributed by atoms with Crippen LogP contribution in [0.15, 0.2) is 23.4 Å². The fourth-order valence-corrected chi connectivity index (χ4v) is 4.81. The Balaban J connectivity index is 1.99. The van der Waals surface area contributed by atoms with Crippen molar-refractivity contribution in [2.45, 2.75) is 65.4 Å². The van der Waals surface area contributed by atoms with E-state index in [4.69, 9.17) is 0 Å². The summed E-state index contributed by atoms with van der Waals surface area (Å²) >= 11 is 0. The molecule has 1 amide bonds. The van der Waals surface area contributed by atoms with E-state index < -0.39 is 10.0 Å². The number of rotatable bonds is 9. The molecule has 0 radical (unpaired) electrons. The number of sulfonamides is 1. The third-order valence-electron chi connectivity index (χ3n) is 5.19. The van der Waals surface area contributed by atoms with Gasteiger partial charge in [-0.1, -0.05) is 19.9 Å². The van der Waals surface area contributed by atoms with Crippen molar-refractivity contribution in [3.8, 4) is 0 Å². The van der Waals surface area contributed by atoms with Gasteiger partial charge in [0.2, 0.25) is 15.9 Å². The molecule has 0 spiro atoms. The van der Waals surface area contributed by atoms with E-state index in [1.807, 2.05) is 33.8 Å². The van der Waals surface area contributed by atoms with Crippen LogP contribution in [0.1, 0.15) is 42.5 Å². The Hall–Kier alpha value is -2.26. The van der Waals surface area contributed by atoms with E-state index in [0.717, 1.165) is 22.3 Å². The van der Waals surface area contributed by atoms with Gasteiger partial charge in [0.15, 0.2) is 0 Å². The van der Waals surface area contributed by atoms with Crippen LogP contribution in [0.5, 0.6) is 0 Å². The molecular weight excluding hydrogens is 390 g/mol. The zero-order chi connectivity index (χ0) is 21.8. The van der Waals surface area contributed by atoms with Gasteiger partial charge < -0.3 is 5.32 Å². The summed E-state index contributed by atoms with van der Waals surface area (Å²) in [6.45, 7) is 11.9. The van der Waals surface area contributed by atoms with Gasteiger partial charge in [-0.2, -0.15) is 15.0 Å². The number of nitrogens with zero attached hydrogens (tertiary/aromatic N) is 3.